The van der Waals surface area contributed by atoms with Crippen LogP contribution in [0.2, 0.25) is 0 Å². The van der Waals surface area contributed by atoms with E-state index in [1.807, 2.05) is 30.3 Å². The van der Waals surface area contributed by atoms with E-state index in [9.17, 15) is 19.2 Å². The molecule has 1 amide bonds. The molecule has 1 saturated heterocycles. The van der Waals surface area contributed by atoms with Crippen molar-refractivity contribution < 1.29 is 23.9 Å². The molecule has 1 aliphatic carbocycles. The average Bonchev–Trinajstić information content (AvgIpc) is 3.46. The maximum absolute atomic E-state index is 13.4. The molecule has 1 heterocycles. The van der Waals surface area contributed by atoms with Gasteiger partial charge in [-0.15, -0.1) is 0 Å². The lowest BCUT2D eigenvalue weighted by molar-refractivity contribution is -0.148. The van der Waals surface area contributed by atoms with Crippen LogP contribution in [0.3, 0.4) is 0 Å². The zero-order valence-corrected chi connectivity index (χ0v) is 23.2. The Hall–Kier alpha value is -3.52. The molecule has 3 N–H and O–H groups in total. The SMILES string of the molecule is NCCC[C@H](CC(=O)c1cccc(N2CCCCC2)c1)C(=O)N[C@H]1CCC[C@H]1C(=O)OCC(=O)c1ccccc1. The molecule has 8 nitrogen and oxygen atoms in total. The van der Waals surface area contributed by atoms with Gasteiger partial charge in [-0.1, -0.05) is 48.9 Å². The number of esters is 1. The van der Waals surface area contributed by atoms with Crippen molar-refractivity contribution in [2.24, 2.45) is 17.6 Å². The van der Waals surface area contributed by atoms with Crippen LogP contribution < -0.4 is 16.0 Å². The Morgan fingerprint density at radius 3 is 2.40 bits per heavy atom. The summed E-state index contributed by atoms with van der Waals surface area (Å²) in [5, 5.41) is 3.03. The van der Waals surface area contributed by atoms with Crippen molar-refractivity contribution in [1.29, 1.82) is 0 Å². The number of hydrogen-bond donors (Lipinski definition) is 2. The molecule has 2 aromatic carbocycles. The molecule has 0 unspecified atom stereocenters. The van der Waals surface area contributed by atoms with Crippen molar-refractivity contribution in [2.75, 3.05) is 31.1 Å². The molecule has 1 aliphatic heterocycles. The van der Waals surface area contributed by atoms with Gasteiger partial charge >= 0.3 is 5.97 Å². The fraction of sp³-hybridized carbons (Fsp3) is 0.500. The average molecular weight is 548 g/mol. The molecule has 4 rings (SSSR count). The van der Waals surface area contributed by atoms with Gasteiger partial charge in [0.2, 0.25) is 5.91 Å². The van der Waals surface area contributed by atoms with Crippen molar-refractivity contribution >= 4 is 29.1 Å². The second kappa shape index (κ2) is 14.7. The van der Waals surface area contributed by atoms with E-state index in [2.05, 4.69) is 10.2 Å². The largest absolute Gasteiger partial charge is 0.457 e. The third-order valence-corrected chi connectivity index (χ3v) is 8.04. The fourth-order valence-corrected chi connectivity index (χ4v) is 5.73. The van der Waals surface area contributed by atoms with Crippen LogP contribution in [0, 0.1) is 11.8 Å². The molecule has 214 valence electrons. The summed E-state index contributed by atoms with van der Waals surface area (Å²) in [6.45, 7) is 2.08. The van der Waals surface area contributed by atoms with Gasteiger partial charge in [-0.05, 0) is 63.6 Å². The number of nitrogens with two attached hydrogens (primary N) is 1. The molecular weight excluding hydrogens is 506 g/mol. The predicted molar refractivity (Wildman–Crippen MR) is 154 cm³/mol. The van der Waals surface area contributed by atoms with Crippen molar-refractivity contribution in [3.05, 3.63) is 65.7 Å². The van der Waals surface area contributed by atoms with Gasteiger partial charge in [-0.2, -0.15) is 0 Å². The zero-order chi connectivity index (χ0) is 28.3. The second-order valence-corrected chi connectivity index (χ2v) is 10.9. The quantitative estimate of drug-likeness (QED) is 0.283. The molecule has 0 radical (unpaired) electrons. The molecule has 2 fully saturated rings. The van der Waals surface area contributed by atoms with Crippen molar-refractivity contribution in [2.45, 2.75) is 63.8 Å². The Bertz CT molecular complexity index is 1160. The van der Waals surface area contributed by atoms with E-state index < -0.39 is 17.8 Å². The van der Waals surface area contributed by atoms with Crippen LogP contribution in [0.4, 0.5) is 5.69 Å². The first-order chi connectivity index (χ1) is 19.5. The van der Waals surface area contributed by atoms with Gasteiger partial charge in [0.15, 0.2) is 18.2 Å². The monoisotopic (exact) mass is 547 g/mol. The fourth-order valence-electron chi connectivity index (χ4n) is 5.73. The minimum atomic E-state index is -0.536. The van der Waals surface area contributed by atoms with Crippen LogP contribution in [0.25, 0.3) is 0 Å². The number of carbonyl (C=O) groups excluding carboxylic acids is 4. The van der Waals surface area contributed by atoms with E-state index in [0.29, 0.717) is 43.4 Å². The highest BCUT2D eigenvalue weighted by atomic mass is 16.5. The Labute approximate surface area is 236 Å². The first-order valence-electron chi connectivity index (χ1n) is 14.6. The maximum atomic E-state index is 13.4. The minimum Gasteiger partial charge on any atom is -0.457 e. The van der Waals surface area contributed by atoms with Gasteiger partial charge < -0.3 is 20.7 Å². The Morgan fingerprint density at radius 2 is 1.65 bits per heavy atom. The van der Waals surface area contributed by atoms with E-state index in [4.69, 9.17) is 10.5 Å². The van der Waals surface area contributed by atoms with E-state index in [1.165, 1.54) is 6.42 Å². The molecular formula is C32H41N3O5. The number of anilines is 1. The summed E-state index contributed by atoms with van der Waals surface area (Å²) in [7, 11) is 0. The molecule has 0 aromatic heterocycles. The highest BCUT2D eigenvalue weighted by molar-refractivity contribution is 5.99. The first kappa shape index (κ1) is 29.5. The van der Waals surface area contributed by atoms with Gasteiger partial charge in [0.1, 0.15) is 0 Å². The summed E-state index contributed by atoms with van der Waals surface area (Å²) < 4.78 is 5.35. The first-order valence-corrected chi connectivity index (χ1v) is 14.6. The number of carbonyl (C=O) groups is 4. The minimum absolute atomic E-state index is 0.0714. The number of rotatable bonds is 13. The summed E-state index contributed by atoms with van der Waals surface area (Å²) in [4.78, 5) is 54.2. The predicted octanol–water partition coefficient (Wildman–Crippen LogP) is 4.32. The molecule has 40 heavy (non-hydrogen) atoms. The molecule has 1 saturated carbocycles. The Kier molecular flexibility index (Phi) is 10.9. The smallest absolute Gasteiger partial charge is 0.311 e. The topological polar surface area (TPSA) is 119 Å². The lowest BCUT2D eigenvalue weighted by atomic mass is 9.92. The number of ketones is 2. The van der Waals surface area contributed by atoms with E-state index >= 15 is 0 Å². The third kappa shape index (κ3) is 8.01. The Morgan fingerprint density at radius 1 is 0.900 bits per heavy atom. The molecule has 3 atom stereocenters. The van der Waals surface area contributed by atoms with Crippen LogP contribution in [-0.2, 0) is 14.3 Å². The number of benzene rings is 2. The summed E-state index contributed by atoms with van der Waals surface area (Å²) in [6, 6.07) is 16.0. The molecule has 2 aromatic rings. The van der Waals surface area contributed by atoms with Gasteiger partial charge in [-0.3, -0.25) is 19.2 Å². The maximum Gasteiger partial charge on any atom is 0.311 e. The van der Waals surface area contributed by atoms with E-state index in [-0.39, 0.29) is 36.5 Å². The summed E-state index contributed by atoms with van der Waals surface area (Å²) >= 11 is 0. The van der Waals surface area contributed by atoms with Crippen LogP contribution in [0.5, 0.6) is 0 Å². The molecule has 0 bridgehead atoms. The lowest BCUT2D eigenvalue weighted by Crippen LogP contribution is -2.44. The third-order valence-electron chi connectivity index (χ3n) is 8.04. The zero-order valence-electron chi connectivity index (χ0n) is 23.2. The number of Topliss-reactive ketones (excluding diaryl/α,β-unsaturated/α-hetero) is 2. The highest BCUT2D eigenvalue weighted by Crippen LogP contribution is 2.28. The van der Waals surface area contributed by atoms with Gasteiger partial charge in [0.25, 0.3) is 0 Å². The molecule has 8 heteroatoms. The summed E-state index contributed by atoms with van der Waals surface area (Å²) in [5.74, 6) is -2.10. The molecule has 0 spiro atoms. The van der Waals surface area contributed by atoms with Gasteiger partial charge in [0, 0.05) is 48.3 Å². The number of amides is 1. The van der Waals surface area contributed by atoms with Crippen LogP contribution in [-0.4, -0.2) is 55.7 Å². The van der Waals surface area contributed by atoms with E-state index in [0.717, 1.165) is 38.0 Å². The van der Waals surface area contributed by atoms with Crippen LogP contribution >= 0.6 is 0 Å². The second-order valence-electron chi connectivity index (χ2n) is 10.9. The standard InChI is InChI=1S/C32H41N3O5/c33-17-9-13-25(21-29(36)24-12-7-14-26(20-24)35-18-5-2-6-19-35)31(38)34-28-16-8-15-27(28)32(39)40-22-30(37)23-10-3-1-4-11-23/h1,3-4,7,10-12,14,20,25,27-28H,2,5-6,8-9,13,15-19,21-22,33H2,(H,34,38)/t25-,27-,28+/m1/s1. The van der Waals surface area contributed by atoms with Crippen molar-refractivity contribution in [3.8, 4) is 0 Å². The van der Waals surface area contributed by atoms with Crippen LogP contribution in [0.15, 0.2) is 54.6 Å². The number of piperidine rings is 1. The number of nitrogens with one attached hydrogen (secondary N) is 1. The number of hydrogen-bond acceptors (Lipinski definition) is 7. The number of nitrogens with zero attached hydrogens (tertiary/aromatic N) is 1. The Balaban J connectivity index is 1.35. The van der Waals surface area contributed by atoms with Gasteiger partial charge in [-0.25, -0.2) is 0 Å². The lowest BCUT2D eigenvalue weighted by Gasteiger charge is -2.29. The van der Waals surface area contributed by atoms with Crippen molar-refractivity contribution in [3.63, 3.8) is 0 Å². The summed E-state index contributed by atoms with van der Waals surface area (Å²) in [5.41, 5.74) is 7.88. The normalized spacial score (nSPS) is 19.6. The highest BCUT2D eigenvalue weighted by Gasteiger charge is 2.37. The van der Waals surface area contributed by atoms with Gasteiger partial charge in [0.05, 0.1) is 5.92 Å². The van der Waals surface area contributed by atoms with Crippen molar-refractivity contribution in [1.82, 2.24) is 5.32 Å². The summed E-state index contributed by atoms with van der Waals surface area (Å²) in [6.07, 6.45) is 6.74. The molecule has 2 aliphatic rings. The van der Waals surface area contributed by atoms with E-state index in [1.54, 1.807) is 24.3 Å². The van der Waals surface area contributed by atoms with Crippen LogP contribution in [0.1, 0.15) is 78.5 Å². The number of ether oxygens (including phenoxy) is 1.